The normalized spacial score (nSPS) is 24.5. The Morgan fingerprint density at radius 3 is 2.12 bits per heavy atom. The third-order valence-corrected chi connectivity index (χ3v) is 12.3. The molecule has 0 bridgehead atoms. The van der Waals surface area contributed by atoms with Crippen LogP contribution in [0.4, 0.5) is 0 Å². The molecule has 2 fully saturated rings. The van der Waals surface area contributed by atoms with Crippen molar-refractivity contribution in [2.75, 3.05) is 13.1 Å². The van der Waals surface area contributed by atoms with Gasteiger partial charge in [-0.15, -0.1) is 0 Å². The summed E-state index contributed by atoms with van der Waals surface area (Å²) >= 11 is 0. The minimum Gasteiger partial charge on any atom is -0.370 e. The average Bonchev–Trinajstić information content (AvgIpc) is 4.09. The number of aromatic nitrogens is 1. The summed E-state index contributed by atoms with van der Waals surface area (Å²) in [5.74, 6) is -5.53. The average molecular weight is 935 g/mol. The van der Waals surface area contributed by atoms with Crippen LogP contribution in [0.5, 0.6) is 0 Å². The van der Waals surface area contributed by atoms with E-state index in [4.69, 9.17) is 11.5 Å². The molecule has 20 heteroatoms. The molecule has 7 atom stereocenters. The van der Waals surface area contributed by atoms with E-state index in [1.165, 1.54) is 6.92 Å². The molecule has 1 aromatic heterocycles. The van der Waals surface area contributed by atoms with Crippen LogP contribution in [-0.4, -0.2) is 125 Å². The van der Waals surface area contributed by atoms with Gasteiger partial charge in [-0.1, -0.05) is 54.6 Å². The van der Waals surface area contributed by atoms with Crippen LogP contribution >= 0.6 is 0 Å². The molecule has 4 heterocycles. The Balaban J connectivity index is 1.41. The van der Waals surface area contributed by atoms with E-state index < -0.39 is 89.8 Å². The van der Waals surface area contributed by atoms with Gasteiger partial charge >= 0.3 is 0 Å². The summed E-state index contributed by atoms with van der Waals surface area (Å²) in [6, 6.07) is 8.16. The topological polar surface area (TPSA) is 305 Å². The zero-order valence-electron chi connectivity index (χ0n) is 38.4. The Hall–Kier alpha value is -7.38. The number of aromatic amines is 1. The van der Waals surface area contributed by atoms with E-state index in [1.807, 2.05) is 31.2 Å². The molecule has 3 aliphatic heterocycles. The molecule has 0 aliphatic carbocycles. The maximum absolute atomic E-state index is 14.7. The maximum Gasteiger partial charge on any atom is 0.245 e. The number of nitrogens with two attached hydrogens (primary N) is 2. The third-order valence-electron chi connectivity index (χ3n) is 12.3. The van der Waals surface area contributed by atoms with Crippen molar-refractivity contribution >= 4 is 70.2 Å². The first-order chi connectivity index (χ1) is 32.6. The second-order valence-electron chi connectivity index (χ2n) is 17.5. The van der Waals surface area contributed by atoms with Gasteiger partial charge in [-0.25, -0.2) is 0 Å². The molecule has 11 N–H and O–H groups in total. The summed E-state index contributed by atoms with van der Waals surface area (Å²) in [6.45, 7) is 3.59. The van der Waals surface area contributed by atoms with E-state index in [2.05, 4.69) is 46.9 Å². The monoisotopic (exact) mass is 934 g/mol. The quantitative estimate of drug-likeness (QED) is 0.0686. The first-order valence-electron chi connectivity index (χ1n) is 23.1. The van der Waals surface area contributed by atoms with Crippen LogP contribution in [0, 0.1) is 0 Å². The second-order valence-corrected chi connectivity index (χ2v) is 17.5. The van der Waals surface area contributed by atoms with Crippen molar-refractivity contribution in [2.24, 2.45) is 21.5 Å². The summed E-state index contributed by atoms with van der Waals surface area (Å²) in [6.07, 6.45) is 6.14. The molecule has 0 saturated carbocycles. The standard InChI is InChI=1S/C48H62N12O8/c1-28-11-10-22-60(28)47(68)41-26-33(62)18-19-37(54-29(2)61)43(64)58-40(25-32-14-8-20-51-32)46(67)56-38(23-30-12-4-3-5-13-30)44(65)55-36(17-9-21-52-48(49)50)42(63)57-39(45(66)59-41)24-31-27-53-35-16-7-6-15-34(31)35/h3-7,12-16,20,27-28,36-41,53H,8-11,17-19,21-26H2,1-2H3,(H,54,61)(H,55,65)(H,56,67)(H,57,63)(H,58,64)(H,59,66)(H4,49,50,52)/t28-,36+,37+,38-,39+,40+,41+/m1/s1. The Bertz CT molecular complexity index is 2430. The zero-order valence-corrected chi connectivity index (χ0v) is 38.4. The van der Waals surface area contributed by atoms with Crippen molar-refractivity contribution < 1.29 is 38.4 Å². The number of rotatable bonds is 12. The fraction of sp³-hybridized carbons (Fsp3) is 0.458. The van der Waals surface area contributed by atoms with Crippen LogP contribution in [0.1, 0.15) is 82.8 Å². The predicted molar refractivity (Wildman–Crippen MR) is 254 cm³/mol. The number of nitrogens with one attached hydrogen (secondary N) is 7. The highest BCUT2D eigenvalue weighted by atomic mass is 16.2. The fourth-order valence-electron chi connectivity index (χ4n) is 8.70. The zero-order chi connectivity index (χ0) is 48.7. The molecule has 2 aromatic carbocycles. The molecule has 362 valence electrons. The lowest BCUT2D eigenvalue weighted by Crippen LogP contribution is -2.60. The number of aliphatic imine (C=N–C) groups is 2. The molecule has 6 rings (SSSR count). The van der Waals surface area contributed by atoms with Gasteiger partial charge in [0.25, 0.3) is 0 Å². The van der Waals surface area contributed by atoms with E-state index >= 15 is 0 Å². The number of nitrogens with zero attached hydrogens (tertiary/aromatic N) is 3. The molecule has 3 aromatic rings. The fourth-order valence-corrected chi connectivity index (χ4v) is 8.70. The summed E-state index contributed by atoms with van der Waals surface area (Å²) < 4.78 is 0. The second kappa shape index (κ2) is 23.9. The SMILES string of the molecule is CC(=O)N[C@H]1CCC(=O)C[C@@H](C(=O)N2CCC[C@H]2C)NC(=O)[C@H](Cc2c[nH]c3ccccc23)NC(=O)[C@H](CCCN=C(N)N)NC(=O)[C@@H](Cc2ccccc2)NC(=O)[C@H](CC2=CCC=N2)NC1=O. The van der Waals surface area contributed by atoms with E-state index in [0.717, 1.165) is 23.7 Å². The van der Waals surface area contributed by atoms with E-state index in [-0.39, 0.29) is 63.5 Å². The summed E-state index contributed by atoms with van der Waals surface area (Å²) in [7, 11) is 0. The van der Waals surface area contributed by atoms with Gasteiger partial charge in [-0.05, 0) is 56.2 Å². The van der Waals surface area contributed by atoms with E-state index in [0.29, 0.717) is 29.8 Å². The van der Waals surface area contributed by atoms with Crippen molar-refractivity contribution in [3.05, 3.63) is 83.7 Å². The smallest absolute Gasteiger partial charge is 0.245 e. The predicted octanol–water partition coefficient (Wildman–Crippen LogP) is 0.448. The highest BCUT2D eigenvalue weighted by molar-refractivity contribution is 5.99. The van der Waals surface area contributed by atoms with Crippen LogP contribution < -0.4 is 43.4 Å². The lowest BCUT2D eigenvalue weighted by molar-refractivity contribution is -0.140. The Morgan fingerprint density at radius 1 is 0.794 bits per heavy atom. The molecular weight excluding hydrogens is 873 g/mol. The number of hydrogen-bond donors (Lipinski definition) is 9. The minimum atomic E-state index is -1.36. The number of allylic oxidation sites excluding steroid dienone is 1. The molecule has 3 aliphatic rings. The van der Waals surface area contributed by atoms with Crippen LogP contribution in [0.3, 0.4) is 0 Å². The number of carbonyl (C=O) groups is 8. The van der Waals surface area contributed by atoms with Crippen molar-refractivity contribution in [1.82, 2.24) is 41.8 Å². The lowest BCUT2D eigenvalue weighted by Gasteiger charge is -2.30. The van der Waals surface area contributed by atoms with E-state index in [1.54, 1.807) is 53.7 Å². The Labute approximate surface area is 394 Å². The highest BCUT2D eigenvalue weighted by Gasteiger charge is 2.37. The number of likely N-dealkylation sites (tertiary alicyclic amines) is 1. The first-order valence-corrected chi connectivity index (χ1v) is 23.1. The molecule has 20 nitrogen and oxygen atoms in total. The van der Waals surface area contributed by atoms with Crippen molar-refractivity contribution in [1.29, 1.82) is 0 Å². The van der Waals surface area contributed by atoms with Gasteiger partial charge in [0.1, 0.15) is 42.0 Å². The number of benzene rings is 2. The van der Waals surface area contributed by atoms with Crippen molar-refractivity contribution in [3.63, 3.8) is 0 Å². The molecule has 0 spiro atoms. The first kappa shape index (κ1) is 50.0. The number of carbonyl (C=O) groups excluding carboxylic acids is 8. The van der Waals surface area contributed by atoms with Gasteiger partial charge in [0, 0.05) is 93.6 Å². The molecule has 68 heavy (non-hydrogen) atoms. The van der Waals surface area contributed by atoms with Gasteiger partial charge in [-0.3, -0.25) is 48.3 Å². The molecule has 0 unspecified atom stereocenters. The highest BCUT2D eigenvalue weighted by Crippen LogP contribution is 2.22. The van der Waals surface area contributed by atoms with Crippen LogP contribution in [0.15, 0.2) is 82.6 Å². The van der Waals surface area contributed by atoms with Crippen molar-refractivity contribution in [2.45, 2.75) is 127 Å². The third kappa shape index (κ3) is 14.1. The number of fused-ring (bicyclic) bond motifs is 1. The van der Waals surface area contributed by atoms with Gasteiger partial charge in [0.15, 0.2) is 5.96 Å². The number of hydrogen-bond acceptors (Lipinski definition) is 10. The number of guanidine groups is 1. The lowest BCUT2D eigenvalue weighted by atomic mass is 9.99. The molecular formula is C48H62N12O8. The van der Waals surface area contributed by atoms with Gasteiger partial charge in [0.2, 0.25) is 41.4 Å². The number of amides is 7. The van der Waals surface area contributed by atoms with Gasteiger partial charge in [-0.2, -0.15) is 0 Å². The number of Topliss-reactive ketones (excluding diaryl/α,β-unsaturated/α-hetero) is 1. The molecule has 7 amide bonds. The summed E-state index contributed by atoms with van der Waals surface area (Å²) in [4.78, 5) is 126. The Morgan fingerprint density at radius 2 is 1.44 bits per heavy atom. The number of para-hydroxylation sites is 1. The van der Waals surface area contributed by atoms with Gasteiger partial charge < -0.3 is 53.3 Å². The molecule has 2 saturated heterocycles. The maximum atomic E-state index is 14.7. The van der Waals surface area contributed by atoms with Crippen molar-refractivity contribution in [3.8, 4) is 0 Å². The van der Waals surface area contributed by atoms with Gasteiger partial charge in [0.05, 0.1) is 0 Å². The van der Waals surface area contributed by atoms with Crippen LogP contribution in [0.2, 0.25) is 0 Å². The Kier molecular flexibility index (Phi) is 17.6. The minimum absolute atomic E-state index is 0.0143. The van der Waals surface area contributed by atoms with E-state index in [9.17, 15) is 38.4 Å². The number of H-pyrrole nitrogens is 1. The molecule has 0 radical (unpaired) electrons. The van der Waals surface area contributed by atoms with Crippen LogP contribution in [-0.2, 0) is 51.2 Å². The summed E-state index contributed by atoms with van der Waals surface area (Å²) in [5.41, 5.74) is 13.8. The number of ketones is 1. The van der Waals surface area contributed by atoms with Crippen LogP contribution in [0.25, 0.3) is 10.9 Å². The largest absolute Gasteiger partial charge is 0.370 e. The summed E-state index contributed by atoms with van der Waals surface area (Å²) in [5, 5.41) is 17.3.